The summed E-state index contributed by atoms with van der Waals surface area (Å²) >= 11 is 1.59. The van der Waals surface area contributed by atoms with E-state index in [1.54, 1.807) is 11.3 Å². The molecule has 1 N–H and O–H groups in total. The van der Waals surface area contributed by atoms with Crippen LogP contribution in [0, 0.1) is 0 Å². The lowest BCUT2D eigenvalue weighted by molar-refractivity contribution is -0.0903. The van der Waals surface area contributed by atoms with Gasteiger partial charge in [0.15, 0.2) is 0 Å². The number of hydrogen-bond donors (Lipinski definition) is 1. The highest BCUT2D eigenvalue weighted by Gasteiger charge is 2.21. The van der Waals surface area contributed by atoms with Gasteiger partial charge in [-0.15, -0.1) is 10.2 Å². The van der Waals surface area contributed by atoms with Crippen molar-refractivity contribution in [3.63, 3.8) is 0 Å². The highest BCUT2D eigenvalue weighted by atomic mass is 32.1. The molecule has 0 aromatic carbocycles. The van der Waals surface area contributed by atoms with Gasteiger partial charge < -0.3 is 14.8 Å². The van der Waals surface area contributed by atoms with Gasteiger partial charge in [0.1, 0.15) is 16.1 Å². The van der Waals surface area contributed by atoms with Crippen LogP contribution in [-0.2, 0) is 16.0 Å². The summed E-state index contributed by atoms with van der Waals surface area (Å²) in [6.45, 7) is 9.04. The van der Waals surface area contributed by atoms with E-state index < -0.39 is 0 Å². The zero-order valence-electron chi connectivity index (χ0n) is 10.5. The normalized spacial score (nSPS) is 21.7. The van der Waals surface area contributed by atoms with Crippen molar-refractivity contribution in [3.05, 3.63) is 10.0 Å². The molecular formula is C11H19N3O2S. The van der Waals surface area contributed by atoms with Crippen LogP contribution >= 0.6 is 11.3 Å². The maximum atomic E-state index is 5.59. The first-order valence-electron chi connectivity index (χ1n) is 5.81. The molecule has 1 aromatic heterocycles. The molecule has 2 rings (SSSR count). The van der Waals surface area contributed by atoms with E-state index in [1.807, 2.05) is 0 Å². The molecule has 1 fully saturated rings. The standard InChI is InChI=1S/C11H19N3O2S/c1-11(2,3)12-6-9-13-14-10(17-9)8-7-15-4-5-16-8/h8,12H,4-7H2,1-3H3. The van der Waals surface area contributed by atoms with E-state index >= 15 is 0 Å². The second kappa shape index (κ2) is 5.39. The van der Waals surface area contributed by atoms with Gasteiger partial charge in [0.2, 0.25) is 0 Å². The number of nitrogens with one attached hydrogen (secondary N) is 1. The van der Waals surface area contributed by atoms with Gasteiger partial charge in [-0.05, 0) is 20.8 Å². The maximum absolute atomic E-state index is 5.59. The number of rotatable bonds is 3. The fraction of sp³-hybridized carbons (Fsp3) is 0.818. The van der Waals surface area contributed by atoms with Crippen LogP contribution in [0.3, 0.4) is 0 Å². The molecule has 1 aromatic rings. The molecule has 1 aliphatic heterocycles. The average Bonchev–Trinajstić information content (AvgIpc) is 2.75. The van der Waals surface area contributed by atoms with Crippen LogP contribution in [0.4, 0.5) is 0 Å². The van der Waals surface area contributed by atoms with Gasteiger partial charge in [0.05, 0.1) is 26.4 Å². The average molecular weight is 257 g/mol. The molecule has 0 amide bonds. The molecule has 0 radical (unpaired) electrons. The van der Waals surface area contributed by atoms with E-state index in [1.165, 1.54) is 0 Å². The quantitative estimate of drug-likeness (QED) is 0.889. The van der Waals surface area contributed by atoms with Crippen molar-refractivity contribution in [1.82, 2.24) is 15.5 Å². The van der Waals surface area contributed by atoms with E-state index in [-0.39, 0.29) is 11.6 Å². The van der Waals surface area contributed by atoms with Gasteiger partial charge >= 0.3 is 0 Å². The zero-order valence-corrected chi connectivity index (χ0v) is 11.3. The van der Waals surface area contributed by atoms with Gasteiger partial charge in [-0.2, -0.15) is 0 Å². The Hall–Kier alpha value is -0.560. The summed E-state index contributed by atoms with van der Waals surface area (Å²) in [6, 6.07) is 0. The smallest absolute Gasteiger partial charge is 0.148 e. The number of aromatic nitrogens is 2. The summed E-state index contributed by atoms with van der Waals surface area (Å²) in [5.74, 6) is 0. The minimum atomic E-state index is -0.0374. The fourth-order valence-electron chi connectivity index (χ4n) is 1.44. The minimum absolute atomic E-state index is 0.0374. The van der Waals surface area contributed by atoms with Gasteiger partial charge in [0, 0.05) is 5.54 Å². The highest BCUT2D eigenvalue weighted by molar-refractivity contribution is 7.11. The lowest BCUT2D eigenvalue weighted by Crippen LogP contribution is -2.35. The molecule has 17 heavy (non-hydrogen) atoms. The molecule has 1 aliphatic rings. The molecule has 0 saturated carbocycles. The summed E-state index contributed by atoms with van der Waals surface area (Å²) in [5, 5.41) is 13.6. The third-order valence-corrected chi connectivity index (χ3v) is 3.36. The SMILES string of the molecule is CC(C)(C)NCc1nnc(C2COCCO2)s1. The molecule has 1 saturated heterocycles. The molecule has 96 valence electrons. The molecule has 1 atom stereocenters. The Balaban J connectivity index is 1.91. The summed E-state index contributed by atoms with van der Waals surface area (Å²) in [6.07, 6.45) is -0.0374. The Bertz CT molecular complexity index is 356. The summed E-state index contributed by atoms with van der Waals surface area (Å²) < 4.78 is 10.9. The van der Waals surface area contributed by atoms with Crippen LogP contribution in [0.25, 0.3) is 0 Å². The zero-order chi connectivity index (χ0) is 12.3. The largest absolute Gasteiger partial charge is 0.376 e. The van der Waals surface area contributed by atoms with Crippen LogP contribution in [0.5, 0.6) is 0 Å². The maximum Gasteiger partial charge on any atom is 0.148 e. The first-order chi connectivity index (χ1) is 8.04. The number of nitrogens with zero attached hydrogens (tertiary/aromatic N) is 2. The van der Waals surface area contributed by atoms with Crippen LogP contribution in [-0.4, -0.2) is 35.6 Å². The molecule has 2 heterocycles. The minimum Gasteiger partial charge on any atom is -0.376 e. The first-order valence-corrected chi connectivity index (χ1v) is 6.63. The lowest BCUT2D eigenvalue weighted by Gasteiger charge is -2.20. The van der Waals surface area contributed by atoms with Crippen LogP contribution in [0.1, 0.15) is 36.9 Å². The monoisotopic (exact) mass is 257 g/mol. The number of hydrogen-bond acceptors (Lipinski definition) is 6. The van der Waals surface area contributed by atoms with E-state index in [0.29, 0.717) is 19.8 Å². The summed E-state index contributed by atoms with van der Waals surface area (Å²) in [5.41, 5.74) is 0.0935. The fourth-order valence-corrected chi connectivity index (χ4v) is 2.26. The molecule has 0 bridgehead atoms. The predicted octanol–water partition coefficient (Wildman–Crippen LogP) is 1.51. The van der Waals surface area contributed by atoms with Crippen molar-refractivity contribution in [3.8, 4) is 0 Å². The van der Waals surface area contributed by atoms with Crippen LogP contribution in [0.15, 0.2) is 0 Å². The Morgan fingerprint density at radius 1 is 1.35 bits per heavy atom. The second-order valence-corrected chi connectivity index (χ2v) is 6.17. The Labute approximate surface area is 106 Å². The third-order valence-electron chi connectivity index (χ3n) is 2.34. The van der Waals surface area contributed by atoms with Gasteiger partial charge in [0.25, 0.3) is 0 Å². The molecular weight excluding hydrogens is 238 g/mol. The summed E-state index contributed by atoms with van der Waals surface area (Å²) in [7, 11) is 0. The highest BCUT2D eigenvalue weighted by Crippen LogP contribution is 2.24. The van der Waals surface area contributed by atoms with Crippen LogP contribution < -0.4 is 5.32 Å². The molecule has 5 nitrogen and oxygen atoms in total. The second-order valence-electron chi connectivity index (χ2n) is 5.07. The van der Waals surface area contributed by atoms with Crippen molar-refractivity contribution in [1.29, 1.82) is 0 Å². The molecule has 1 unspecified atom stereocenters. The molecule has 6 heteroatoms. The Morgan fingerprint density at radius 2 is 2.18 bits per heavy atom. The summed E-state index contributed by atoms with van der Waals surface area (Å²) in [4.78, 5) is 0. The predicted molar refractivity (Wildman–Crippen MR) is 66.0 cm³/mol. The van der Waals surface area contributed by atoms with Gasteiger partial charge in [-0.3, -0.25) is 0 Å². The van der Waals surface area contributed by atoms with E-state index in [9.17, 15) is 0 Å². The lowest BCUT2D eigenvalue weighted by atomic mass is 10.1. The van der Waals surface area contributed by atoms with E-state index in [2.05, 4.69) is 36.3 Å². The van der Waals surface area contributed by atoms with E-state index in [4.69, 9.17) is 9.47 Å². The Kier molecular flexibility index (Phi) is 4.09. The topological polar surface area (TPSA) is 56.3 Å². The van der Waals surface area contributed by atoms with Gasteiger partial charge in [-0.25, -0.2) is 0 Å². The number of ether oxygens (including phenoxy) is 2. The van der Waals surface area contributed by atoms with Crippen molar-refractivity contribution in [2.45, 2.75) is 39.0 Å². The van der Waals surface area contributed by atoms with E-state index in [0.717, 1.165) is 16.6 Å². The third kappa shape index (κ3) is 3.99. The van der Waals surface area contributed by atoms with Gasteiger partial charge in [-0.1, -0.05) is 11.3 Å². The van der Waals surface area contributed by atoms with Crippen molar-refractivity contribution in [2.75, 3.05) is 19.8 Å². The van der Waals surface area contributed by atoms with Crippen molar-refractivity contribution in [2.24, 2.45) is 0 Å². The first kappa shape index (κ1) is 12.9. The molecule has 0 aliphatic carbocycles. The van der Waals surface area contributed by atoms with Crippen LogP contribution in [0.2, 0.25) is 0 Å². The van der Waals surface area contributed by atoms with Crippen molar-refractivity contribution < 1.29 is 9.47 Å². The molecule has 0 spiro atoms. The van der Waals surface area contributed by atoms with Crippen molar-refractivity contribution >= 4 is 11.3 Å². The Morgan fingerprint density at radius 3 is 2.82 bits per heavy atom.